The van der Waals surface area contributed by atoms with Crippen LogP contribution in [-0.4, -0.2) is 30.4 Å². The maximum Gasteiger partial charge on any atom is 0.262 e. The fourth-order valence-corrected chi connectivity index (χ4v) is 3.59. The Labute approximate surface area is 179 Å². The summed E-state index contributed by atoms with van der Waals surface area (Å²) in [5, 5.41) is 12.6. The highest BCUT2D eigenvalue weighted by atomic mass is 16.1. The average Bonchev–Trinajstić information content (AvgIpc) is 2.68. The van der Waals surface area contributed by atoms with E-state index < -0.39 is 0 Å². The average molecular weight is 402 g/mol. The maximum absolute atomic E-state index is 12.6. The van der Waals surface area contributed by atoms with Crippen LogP contribution in [-0.2, 0) is 4.79 Å². The number of unbranched alkanes of at least 4 members (excludes halogenated alkanes) is 3. The molecule has 0 unspecified atom stereocenters. The summed E-state index contributed by atoms with van der Waals surface area (Å²) in [7, 11) is 0. The molecule has 0 atom stereocenters. The van der Waals surface area contributed by atoms with Gasteiger partial charge in [-0.2, -0.15) is 5.26 Å². The molecule has 1 rings (SSSR count). The van der Waals surface area contributed by atoms with Gasteiger partial charge < -0.3 is 10.2 Å². The van der Waals surface area contributed by atoms with E-state index in [1.165, 1.54) is 18.5 Å². The first-order valence-corrected chi connectivity index (χ1v) is 11.8. The Morgan fingerprint density at radius 3 is 2.31 bits per heavy atom. The van der Waals surface area contributed by atoms with E-state index in [1.54, 1.807) is 0 Å². The van der Waals surface area contributed by atoms with Gasteiger partial charge in [0.15, 0.2) is 0 Å². The zero-order valence-electron chi connectivity index (χ0n) is 19.5. The second-order valence-corrected chi connectivity index (χ2v) is 9.17. The Morgan fingerprint density at radius 2 is 1.76 bits per heavy atom. The van der Waals surface area contributed by atoms with Crippen LogP contribution in [0.4, 0.5) is 0 Å². The summed E-state index contributed by atoms with van der Waals surface area (Å²) in [4.78, 5) is 15.1. The van der Waals surface area contributed by atoms with Gasteiger partial charge in [0.1, 0.15) is 11.6 Å². The highest BCUT2D eigenvalue weighted by Crippen LogP contribution is 2.28. The van der Waals surface area contributed by atoms with E-state index in [0.717, 1.165) is 63.6 Å². The molecule has 29 heavy (non-hydrogen) atoms. The largest absolute Gasteiger partial charge is 0.375 e. The molecule has 1 aliphatic carbocycles. The molecule has 0 heterocycles. The minimum absolute atomic E-state index is 0.201. The van der Waals surface area contributed by atoms with Gasteiger partial charge >= 0.3 is 0 Å². The Balaban J connectivity index is 2.90. The smallest absolute Gasteiger partial charge is 0.262 e. The molecule has 0 aromatic rings. The molecule has 0 aromatic carbocycles. The summed E-state index contributed by atoms with van der Waals surface area (Å²) in [6.45, 7) is 14.0. The second-order valence-electron chi connectivity index (χ2n) is 9.17. The van der Waals surface area contributed by atoms with E-state index in [1.807, 2.05) is 0 Å². The molecule has 1 N–H and O–H groups in total. The Kier molecular flexibility index (Phi) is 12.4. The van der Waals surface area contributed by atoms with Crippen molar-refractivity contribution in [1.29, 1.82) is 5.26 Å². The quantitative estimate of drug-likeness (QED) is 0.235. The van der Waals surface area contributed by atoms with Crippen molar-refractivity contribution in [2.45, 2.75) is 92.4 Å². The lowest BCUT2D eigenvalue weighted by Gasteiger charge is -2.31. The topological polar surface area (TPSA) is 56.1 Å². The minimum Gasteiger partial charge on any atom is -0.375 e. The monoisotopic (exact) mass is 401 g/mol. The van der Waals surface area contributed by atoms with Gasteiger partial charge in [-0.1, -0.05) is 53.9 Å². The van der Waals surface area contributed by atoms with Crippen LogP contribution in [0.3, 0.4) is 0 Å². The summed E-state index contributed by atoms with van der Waals surface area (Å²) in [5.41, 5.74) is 2.53. The normalized spacial score (nSPS) is 15.9. The van der Waals surface area contributed by atoms with Crippen molar-refractivity contribution in [3.63, 3.8) is 0 Å². The maximum atomic E-state index is 12.6. The number of carbonyl (C=O) groups excluding carboxylic acids is 1. The van der Waals surface area contributed by atoms with Gasteiger partial charge in [-0.05, 0) is 62.0 Å². The summed E-state index contributed by atoms with van der Waals surface area (Å²) in [6.07, 6.45) is 11.8. The van der Waals surface area contributed by atoms with E-state index in [0.29, 0.717) is 24.0 Å². The van der Waals surface area contributed by atoms with Crippen LogP contribution in [0.25, 0.3) is 0 Å². The van der Waals surface area contributed by atoms with Gasteiger partial charge in [-0.25, -0.2) is 0 Å². The van der Waals surface area contributed by atoms with Crippen molar-refractivity contribution < 1.29 is 4.79 Å². The number of rotatable bonds is 13. The van der Waals surface area contributed by atoms with Crippen LogP contribution in [0.5, 0.6) is 0 Å². The predicted molar refractivity (Wildman–Crippen MR) is 122 cm³/mol. The van der Waals surface area contributed by atoms with E-state index >= 15 is 0 Å². The van der Waals surface area contributed by atoms with Crippen molar-refractivity contribution >= 4 is 5.91 Å². The lowest BCUT2D eigenvalue weighted by Crippen LogP contribution is -2.29. The van der Waals surface area contributed by atoms with Crippen LogP contribution in [0, 0.1) is 23.2 Å². The lowest BCUT2D eigenvalue weighted by atomic mass is 9.93. The zero-order chi connectivity index (χ0) is 21.6. The summed E-state index contributed by atoms with van der Waals surface area (Å²) < 4.78 is 0. The fourth-order valence-electron chi connectivity index (χ4n) is 3.59. The van der Waals surface area contributed by atoms with Gasteiger partial charge in [0.2, 0.25) is 0 Å². The molecule has 0 bridgehead atoms. The van der Waals surface area contributed by atoms with Crippen molar-refractivity contribution in [1.82, 2.24) is 10.2 Å². The van der Waals surface area contributed by atoms with Crippen LogP contribution >= 0.6 is 0 Å². The first-order chi connectivity index (χ1) is 13.9. The minimum atomic E-state index is -0.201. The Bertz CT molecular complexity index is 584. The van der Waals surface area contributed by atoms with Crippen LogP contribution in [0.1, 0.15) is 92.4 Å². The van der Waals surface area contributed by atoms with Crippen molar-refractivity contribution in [2.24, 2.45) is 11.8 Å². The summed E-state index contributed by atoms with van der Waals surface area (Å²) in [6, 6.07) is 2.19. The van der Waals surface area contributed by atoms with E-state index in [9.17, 15) is 10.1 Å². The fraction of sp³-hybridized carbons (Fsp3) is 0.760. The SMILES string of the molecule is CCCCCCNC(=O)/C(C#N)=C1\C=C(N(CCC(C)C)CCC(C)C)CCC1. The van der Waals surface area contributed by atoms with E-state index in [2.05, 4.69) is 57.0 Å². The molecule has 164 valence electrons. The van der Waals surface area contributed by atoms with Crippen LogP contribution < -0.4 is 5.32 Å². The molecule has 0 fully saturated rings. The molecule has 0 saturated carbocycles. The molecule has 0 aromatic heterocycles. The van der Waals surface area contributed by atoms with Crippen molar-refractivity contribution in [3.8, 4) is 6.07 Å². The van der Waals surface area contributed by atoms with Gasteiger partial charge in [0.25, 0.3) is 5.91 Å². The zero-order valence-corrected chi connectivity index (χ0v) is 19.5. The van der Waals surface area contributed by atoms with Gasteiger partial charge in [0.05, 0.1) is 0 Å². The number of amides is 1. The highest BCUT2D eigenvalue weighted by molar-refractivity contribution is 5.98. The molecule has 4 nitrogen and oxygen atoms in total. The Morgan fingerprint density at radius 1 is 1.10 bits per heavy atom. The number of carbonyl (C=O) groups is 1. The third-order valence-corrected chi connectivity index (χ3v) is 5.55. The highest BCUT2D eigenvalue weighted by Gasteiger charge is 2.20. The molecule has 4 heteroatoms. The molecule has 1 aliphatic rings. The number of hydrogen-bond acceptors (Lipinski definition) is 3. The van der Waals surface area contributed by atoms with Gasteiger partial charge in [-0.3, -0.25) is 4.79 Å². The predicted octanol–water partition coefficient (Wildman–Crippen LogP) is 5.97. The molecule has 1 amide bonds. The number of nitriles is 1. The van der Waals surface area contributed by atoms with Crippen LogP contribution in [0.15, 0.2) is 22.9 Å². The number of allylic oxidation sites excluding steroid dienone is 3. The molecular formula is C25H43N3O. The molecule has 0 radical (unpaired) electrons. The molecule has 0 spiro atoms. The molecule has 0 aliphatic heterocycles. The van der Waals surface area contributed by atoms with Crippen molar-refractivity contribution in [2.75, 3.05) is 19.6 Å². The second kappa shape index (κ2) is 14.3. The number of nitrogens with zero attached hydrogens (tertiary/aromatic N) is 2. The third kappa shape index (κ3) is 10.0. The van der Waals surface area contributed by atoms with Crippen LogP contribution in [0.2, 0.25) is 0 Å². The number of hydrogen-bond donors (Lipinski definition) is 1. The first kappa shape index (κ1) is 25.3. The summed E-state index contributed by atoms with van der Waals surface area (Å²) in [5.74, 6) is 1.14. The summed E-state index contributed by atoms with van der Waals surface area (Å²) >= 11 is 0. The number of nitrogens with one attached hydrogen (secondary N) is 1. The third-order valence-electron chi connectivity index (χ3n) is 5.55. The molecular weight excluding hydrogens is 358 g/mol. The van der Waals surface area contributed by atoms with Crippen molar-refractivity contribution in [3.05, 3.63) is 22.9 Å². The standard InChI is InChI=1S/C25H43N3O/c1-6-7-8-9-15-27-25(29)24(19-26)22-11-10-12-23(18-22)28(16-13-20(2)3)17-14-21(4)5/h18,20-21H,6-17H2,1-5H3,(H,27,29)/b24-22-. The Hall–Kier alpha value is -1.76. The van der Waals surface area contributed by atoms with Gasteiger partial charge in [-0.15, -0.1) is 0 Å². The first-order valence-electron chi connectivity index (χ1n) is 11.8. The van der Waals surface area contributed by atoms with Gasteiger partial charge in [0, 0.05) is 25.3 Å². The van der Waals surface area contributed by atoms with E-state index in [-0.39, 0.29) is 5.91 Å². The lowest BCUT2D eigenvalue weighted by molar-refractivity contribution is -0.117. The van der Waals surface area contributed by atoms with E-state index in [4.69, 9.17) is 0 Å². The molecule has 0 saturated heterocycles.